The van der Waals surface area contributed by atoms with Crippen molar-refractivity contribution in [2.75, 3.05) is 13.2 Å². The second kappa shape index (κ2) is 12.5. The highest BCUT2D eigenvalue weighted by molar-refractivity contribution is 8.18. The molecule has 1 heterocycles. The van der Waals surface area contributed by atoms with Gasteiger partial charge in [-0.25, -0.2) is 9.79 Å². The van der Waals surface area contributed by atoms with Gasteiger partial charge in [-0.1, -0.05) is 59.8 Å². The summed E-state index contributed by atoms with van der Waals surface area (Å²) in [5.74, 6) is 0.378. The van der Waals surface area contributed by atoms with Gasteiger partial charge in [0.2, 0.25) is 0 Å². The average Bonchev–Trinajstić information content (AvgIpc) is 3.19. The Bertz CT molecular complexity index is 1350. The van der Waals surface area contributed by atoms with E-state index in [1.807, 2.05) is 79.7 Å². The van der Waals surface area contributed by atoms with Gasteiger partial charge in [-0.2, -0.15) is 0 Å². The molecule has 37 heavy (non-hydrogen) atoms. The van der Waals surface area contributed by atoms with Crippen LogP contribution in [-0.4, -0.2) is 29.3 Å². The normalized spacial score (nSPS) is 15.3. The summed E-state index contributed by atoms with van der Waals surface area (Å²) in [5, 5.41) is 12.0. The number of hydrogen-bond acceptors (Lipinski definition) is 7. The van der Waals surface area contributed by atoms with Gasteiger partial charge in [-0.05, 0) is 67.4 Å². The fourth-order valence-corrected chi connectivity index (χ4v) is 4.67. The smallest absolute Gasteiger partial charge is 0.344 e. The van der Waals surface area contributed by atoms with Crippen LogP contribution >= 0.6 is 23.4 Å². The molecule has 190 valence electrons. The lowest BCUT2D eigenvalue weighted by Crippen LogP contribution is -2.12. The highest BCUT2D eigenvalue weighted by Crippen LogP contribution is 2.41. The number of nitrogens with zero attached hydrogens (tertiary/aromatic N) is 1. The van der Waals surface area contributed by atoms with Gasteiger partial charge in [0.1, 0.15) is 23.0 Å². The highest BCUT2D eigenvalue weighted by Gasteiger charge is 2.33. The van der Waals surface area contributed by atoms with Crippen molar-refractivity contribution in [1.29, 1.82) is 0 Å². The van der Waals surface area contributed by atoms with Crippen molar-refractivity contribution < 1.29 is 24.1 Å². The number of esters is 1. The maximum Gasteiger partial charge on any atom is 0.344 e. The molecule has 0 aliphatic carbocycles. The molecule has 6 nitrogen and oxygen atoms in total. The molecule has 4 rings (SSSR count). The predicted molar refractivity (Wildman–Crippen MR) is 149 cm³/mol. The summed E-state index contributed by atoms with van der Waals surface area (Å²) in [4.78, 5) is 17.7. The van der Waals surface area contributed by atoms with E-state index in [0.29, 0.717) is 45.4 Å². The van der Waals surface area contributed by atoms with Gasteiger partial charge in [0.25, 0.3) is 0 Å². The fraction of sp³-hybridized carbons (Fsp3) is 0.172. The molecule has 0 saturated carbocycles. The largest absolute Gasteiger partial charge is 0.506 e. The highest BCUT2D eigenvalue weighted by atomic mass is 35.5. The quantitative estimate of drug-likeness (QED) is 0.286. The van der Waals surface area contributed by atoms with Gasteiger partial charge in [-0.15, -0.1) is 0 Å². The van der Waals surface area contributed by atoms with Crippen LogP contribution in [0.2, 0.25) is 5.02 Å². The molecule has 0 amide bonds. The van der Waals surface area contributed by atoms with E-state index in [-0.39, 0.29) is 17.9 Å². The molecule has 0 fully saturated rings. The zero-order valence-electron chi connectivity index (χ0n) is 20.4. The van der Waals surface area contributed by atoms with Gasteiger partial charge in [-0.3, -0.25) is 0 Å². The molecule has 0 bridgehead atoms. The Morgan fingerprint density at radius 3 is 2.43 bits per heavy atom. The van der Waals surface area contributed by atoms with Gasteiger partial charge in [0.05, 0.1) is 23.8 Å². The molecule has 1 aliphatic rings. The van der Waals surface area contributed by atoms with Crippen molar-refractivity contribution in [2.24, 2.45) is 4.99 Å². The maximum absolute atomic E-state index is 12.6. The molecule has 1 aliphatic heterocycles. The first-order chi connectivity index (χ1) is 18.0. The fourth-order valence-electron chi connectivity index (χ4n) is 3.51. The summed E-state index contributed by atoms with van der Waals surface area (Å²) in [5.41, 5.74) is 2.46. The number of thioether (sulfide) groups is 1. The zero-order valence-corrected chi connectivity index (χ0v) is 22.0. The van der Waals surface area contributed by atoms with Crippen LogP contribution in [0.3, 0.4) is 0 Å². The van der Waals surface area contributed by atoms with Gasteiger partial charge >= 0.3 is 5.97 Å². The Hall–Kier alpha value is -3.68. The number of aliphatic hydroxyl groups excluding tert-OH is 1. The van der Waals surface area contributed by atoms with Crippen LogP contribution in [0.5, 0.6) is 11.5 Å². The van der Waals surface area contributed by atoms with E-state index in [2.05, 4.69) is 4.99 Å². The third-order valence-electron chi connectivity index (χ3n) is 5.23. The first-order valence-corrected chi connectivity index (χ1v) is 13.0. The number of hydrogen-bond donors (Lipinski definition) is 1. The summed E-state index contributed by atoms with van der Waals surface area (Å²) < 4.78 is 17.0. The van der Waals surface area contributed by atoms with Crippen molar-refractivity contribution in [1.82, 2.24) is 0 Å². The molecule has 0 atom stereocenters. The monoisotopic (exact) mass is 535 g/mol. The van der Waals surface area contributed by atoms with Crippen molar-refractivity contribution in [3.05, 3.63) is 105 Å². The number of aliphatic imine (C=N–C) groups is 1. The molecule has 0 unspecified atom stereocenters. The van der Waals surface area contributed by atoms with E-state index in [1.54, 1.807) is 13.0 Å². The van der Waals surface area contributed by atoms with E-state index >= 15 is 0 Å². The van der Waals surface area contributed by atoms with E-state index in [4.69, 9.17) is 25.8 Å². The second-order valence-corrected chi connectivity index (χ2v) is 9.33. The minimum Gasteiger partial charge on any atom is -0.506 e. The van der Waals surface area contributed by atoms with Crippen LogP contribution in [-0.2, 0) is 16.1 Å². The molecule has 0 aromatic heterocycles. The van der Waals surface area contributed by atoms with E-state index in [1.165, 1.54) is 11.8 Å². The molecule has 0 saturated heterocycles. The zero-order chi connectivity index (χ0) is 26.2. The lowest BCUT2D eigenvalue weighted by Gasteiger charge is -2.13. The summed E-state index contributed by atoms with van der Waals surface area (Å²) in [6, 6.07) is 22.2. The van der Waals surface area contributed by atoms with Gasteiger partial charge in [0, 0.05) is 5.02 Å². The van der Waals surface area contributed by atoms with Crippen LogP contribution in [0.25, 0.3) is 6.08 Å². The maximum atomic E-state index is 12.6. The molecule has 1 N–H and O–H groups in total. The van der Waals surface area contributed by atoms with Crippen LogP contribution in [0, 0.1) is 0 Å². The summed E-state index contributed by atoms with van der Waals surface area (Å²) >= 11 is 7.17. The summed E-state index contributed by atoms with van der Waals surface area (Å²) in [6.07, 6.45) is 1.78. The summed E-state index contributed by atoms with van der Waals surface area (Å²) in [6.45, 7) is 4.62. The molecule has 3 aromatic rings. The number of para-hydroxylation sites is 1. The third-order valence-corrected chi connectivity index (χ3v) is 6.50. The Balaban J connectivity index is 1.62. The standard InChI is InChI=1S/C29H26ClNO5S/c1-3-34-24-16-20(12-15-23(24)36-18-19-10-13-21(30)14-11-19)17-25-27(32)26(29(33)35-4-2)28(37-25)31-22-8-6-5-7-9-22/h5-17,32H,3-4,18H2,1-2H3/b25-17-,31-28?. The number of rotatable bonds is 9. The molecular formula is C29H26ClNO5S. The van der Waals surface area contributed by atoms with Crippen LogP contribution in [0.4, 0.5) is 5.69 Å². The number of carbonyl (C=O) groups is 1. The topological polar surface area (TPSA) is 77.4 Å². The van der Waals surface area contributed by atoms with Crippen LogP contribution < -0.4 is 9.47 Å². The first-order valence-electron chi connectivity index (χ1n) is 11.8. The number of benzene rings is 3. The van der Waals surface area contributed by atoms with E-state index in [9.17, 15) is 9.90 Å². The van der Waals surface area contributed by atoms with Crippen molar-refractivity contribution >= 4 is 46.1 Å². The van der Waals surface area contributed by atoms with Crippen molar-refractivity contribution in [3.8, 4) is 11.5 Å². The first kappa shape index (κ1) is 26.4. The number of carbonyl (C=O) groups excluding carboxylic acids is 1. The van der Waals surface area contributed by atoms with Gasteiger partial charge < -0.3 is 19.3 Å². The van der Waals surface area contributed by atoms with Crippen LogP contribution in [0.1, 0.15) is 25.0 Å². The Labute approximate surface area is 225 Å². The average molecular weight is 536 g/mol. The second-order valence-electron chi connectivity index (χ2n) is 7.86. The lowest BCUT2D eigenvalue weighted by atomic mass is 10.1. The van der Waals surface area contributed by atoms with Gasteiger partial charge in [0.15, 0.2) is 11.5 Å². The summed E-state index contributed by atoms with van der Waals surface area (Å²) in [7, 11) is 0. The lowest BCUT2D eigenvalue weighted by molar-refractivity contribution is -0.138. The molecule has 3 aromatic carbocycles. The van der Waals surface area contributed by atoms with E-state index in [0.717, 1.165) is 11.1 Å². The molecule has 0 spiro atoms. The molecule has 8 heteroatoms. The molecule has 0 radical (unpaired) electrons. The molecular weight excluding hydrogens is 510 g/mol. The Morgan fingerprint density at radius 2 is 1.73 bits per heavy atom. The van der Waals surface area contributed by atoms with Crippen molar-refractivity contribution in [2.45, 2.75) is 20.5 Å². The third kappa shape index (κ3) is 6.76. The Kier molecular flexibility index (Phi) is 8.93. The van der Waals surface area contributed by atoms with Crippen molar-refractivity contribution in [3.63, 3.8) is 0 Å². The number of ether oxygens (including phenoxy) is 3. The predicted octanol–water partition coefficient (Wildman–Crippen LogP) is 7.51. The SMILES string of the molecule is CCOC(=O)C1=C(O)/C(=C/c2ccc(OCc3ccc(Cl)cc3)c(OCC)c2)SC1=Nc1ccccc1. The Morgan fingerprint density at radius 1 is 0.973 bits per heavy atom. The minimum absolute atomic E-state index is 0.0508. The van der Waals surface area contributed by atoms with E-state index < -0.39 is 5.97 Å². The minimum atomic E-state index is -0.619. The van der Waals surface area contributed by atoms with Crippen LogP contribution in [0.15, 0.2) is 94.0 Å². The number of halogens is 1. The number of aliphatic hydroxyl groups is 1.